The molecule has 0 fully saturated rings. The van der Waals surface area contributed by atoms with E-state index in [0.717, 1.165) is 5.69 Å². The Morgan fingerprint density at radius 3 is 3.08 bits per heavy atom. The van der Waals surface area contributed by atoms with Crippen molar-refractivity contribution in [3.63, 3.8) is 0 Å². The van der Waals surface area contributed by atoms with Gasteiger partial charge in [-0.1, -0.05) is 11.2 Å². The van der Waals surface area contributed by atoms with Gasteiger partial charge in [-0.15, -0.1) is 0 Å². The van der Waals surface area contributed by atoms with E-state index in [4.69, 9.17) is 4.74 Å². The van der Waals surface area contributed by atoms with E-state index in [1.807, 2.05) is 18.2 Å². The summed E-state index contributed by atoms with van der Waals surface area (Å²) in [6.45, 7) is 0.370. The lowest BCUT2D eigenvalue weighted by Crippen LogP contribution is -1.97. The minimum Gasteiger partial charge on any atom is -0.468 e. The Bertz CT molecular complexity index is 347. The molecule has 5 nitrogen and oxygen atoms in total. The Balaban J connectivity index is 1.94. The monoisotopic (exact) mass is 177 g/mol. The van der Waals surface area contributed by atoms with Gasteiger partial charge in [-0.2, -0.15) is 0 Å². The molecule has 2 aromatic rings. The molecule has 2 aromatic heterocycles. The third-order valence-corrected chi connectivity index (χ3v) is 1.43. The normalized spacial score (nSPS) is 9.85. The predicted octanol–water partition coefficient (Wildman–Crippen LogP) is 1.04. The Hall–Kier alpha value is -1.91. The Morgan fingerprint density at radius 1 is 1.38 bits per heavy atom. The van der Waals surface area contributed by atoms with Gasteiger partial charge >= 0.3 is 0 Å². The number of ether oxygens (including phenoxy) is 1. The quantitative estimate of drug-likeness (QED) is 0.701. The van der Waals surface area contributed by atoms with E-state index >= 15 is 0 Å². The van der Waals surface area contributed by atoms with Crippen LogP contribution in [-0.2, 0) is 6.61 Å². The molecular weight excluding hydrogens is 170 g/mol. The van der Waals surface area contributed by atoms with Crippen LogP contribution in [0.1, 0.15) is 5.69 Å². The lowest BCUT2D eigenvalue weighted by atomic mass is 10.4. The van der Waals surface area contributed by atoms with Gasteiger partial charge in [0.05, 0.1) is 5.69 Å². The van der Waals surface area contributed by atoms with Crippen LogP contribution in [0.15, 0.2) is 35.2 Å². The number of hydrogen-bond acceptors (Lipinski definition) is 5. The van der Waals surface area contributed by atoms with E-state index in [1.165, 1.54) is 6.26 Å². The van der Waals surface area contributed by atoms with Gasteiger partial charge in [0.2, 0.25) is 0 Å². The van der Waals surface area contributed by atoms with Crippen LogP contribution in [0.4, 0.5) is 0 Å². The highest BCUT2D eigenvalue weighted by atomic mass is 16.5. The Kier molecular flexibility index (Phi) is 2.18. The van der Waals surface area contributed by atoms with Crippen molar-refractivity contribution in [2.45, 2.75) is 6.61 Å². The number of pyridine rings is 1. The van der Waals surface area contributed by atoms with Crippen LogP contribution in [0.3, 0.4) is 0 Å². The largest absolute Gasteiger partial charge is 0.468 e. The molecule has 0 atom stereocenters. The molecule has 0 aromatic carbocycles. The van der Waals surface area contributed by atoms with E-state index in [1.54, 1.807) is 6.20 Å². The molecule has 66 valence electrons. The van der Waals surface area contributed by atoms with Crippen molar-refractivity contribution < 1.29 is 9.26 Å². The first-order valence-electron chi connectivity index (χ1n) is 3.75. The van der Waals surface area contributed by atoms with Crippen molar-refractivity contribution in [3.05, 3.63) is 36.4 Å². The van der Waals surface area contributed by atoms with Gasteiger partial charge in [-0.25, -0.2) is 0 Å². The van der Waals surface area contributed by atoms with Crippen molar-refractivity contribution in [1.82, 2.24) is 15.4 Å². The molecule has 2 heterocycles. The zero-order chi connectivity index (χ0) is 8.93. The zero-order valence-corrected chi connectivity index (χ0v) is 6.75. The van der Waals surface area contributed by atoms with E-state index in [0.29, 0.717) is 12.5 Å². The summed E-state index contributed by atoms with van der Waals surface area (Å²) >= 11 is 0. The molecule has 0 aliphatic rings. The molecule has 0 saturated heterocycles. The van der Waals surface area contributed by atoms with Crippen LogP contribution in [0.25, 0.3) is 0 Å². The van der Waals surface area contributed by atoms with E-state index in [9.17, 15) is 0 Å². The van der Waals surface area contributed by atoms with Crippen LogP contribution in [0.5, 0.6) is 5.88 Å². The van der Waals surface area contributed by atoms with Crippen molar-refractivity contribution in [2.24, 2.45) is 0 Å². The maximum atomic E-state index is 5.20. The molecule has 0 unspecified atom stereocenters. The minimum atomic E-state index is 0.366. The smallest absolute Gasteiger partial charge is 0.275 e. The van der Waals surface area contributed by atoms with Crippen molar-refractivity contribution >= 4 is 0 Å². The fourth-order valence-electron chi connectivity index (χ4n) is 0.850. The molecule has 0 amide bonds. The van der Waals surface area contributed by atoms with Gasteiger partial charge in [-0.3, -0.25) is 4.98 Å². The molecule has 0 radical (unpaired) electrons. The molecule has 13 heavy (non-hydrogen) atoms. The summed E-state index contributed by atoms with van der Waals surface area (Å²) in [6.07, 6.45) is 3.04. The maximum Gasteiger partial charge on any atom is 0.275 e. The lowest BCUT2D eigenvalue weighted by Gasteiger charge is -1.99. The second kappa shape index (κ2) is 3.66. The molecule has 0 saturated carbocycles. The van der Waals surface area contributed by atoms with Gasteiger partial charge in [0, 0.05) is 11.5 Å². The summed E-state index contributed by atoms with van der Waals surface area (Å²) in [5.41, 5.74) is 0.838. The van der Waals surface area contributed by atoms with Crippen molar-refractivity contribution in [2.75, 3.05) is 0 Å². The molecule has 0 spiro atoms. The average Bonchev–Trinajstić information content (AvgIpc) is 2.69. The van der Waals surface area contributed by atoms with Gasteiger partial charge in [0.1, 0.15) is 6.61 Å². The molecule has 5 heteroatoms. The topological polar surface area (TPSA) is 61.0 Å². The van der Waals surface area contributed by atoms with Crippen LogP contribution >= 0.6 is 0 Å². The molecular formula is C8H7N3O2. The second-order valence-corrected chi connectivity index (χ2v) is 2.35. The third kappa shape index (κ3) is 2.02. The molecule has 2 rings (SSSR count). The summed E-state index contributed by atoms with van der Waals surface area (Å²) < 4.78 is 9.70. The van der Waals surface area contributed by atoms with E-state index in [-0.39, 0.29) is 0 Å². The summed E-state index contributed by atoms with van der Waals surface area (Å²) in [5, 5.41) is 6.83. The van der Waals surface area contributed by atoms with Crippen LogP contribution in [0, 0.1) is 0 Å². The first kappa shape index (κ1) is 7.72. The average molecular weight is 177 g/mol. The summed E-state index contributed by atoms with van der Waals surface area (Å²) in [7, 11) is 0. The highest BCUT2D eigenvalue weighted by Gasteiger charge is 1.98. The standard InChI is InChI=1S/C8H7N3O2/c1-2-4-9-7(3-1)5-12-8-6-13-11-10-8/h1-4,6H,5H2. The fraction of sp³-hybridized carbons (Fsp3) is 0.125. The summed E-state index contributed by atoms with van der Waals surface area (Å²) in [4.78, 5) is 4.07. The van der Waals surface area contributed by atoms with Gasteiger partial charge < -0.3 is 9.26 Å². The van der Waals surface area contributed by atoms with Crippen LogP contribution in [-0.4, -0.2) is 15.4 Å². The highest BCUT2D eigenvalue weighted by molar-refractivity contribution is 5.04. The molecule has 0 aliphatic heterocycles. The fourth-order valence-corrected chi connectivity index (χ4v) is 0.850. The van der Waals surface area contributed by atoms with Crippen molar-refractivity contribution in [1.29, 1.82) is 0 Å². The van der Waals surface area contributed by atoms with Gasteiger partial charge in [0.15, 0.2) is 6.26 Å². The van der Waals surface area contributed by atoms with Crippen molar-refractivity contribution in [3.8, 4) is 5.88 Å². The van der Waals surface area contributed by atoms with E-state index < -0.39 is 0 Å². The highest BCUT2D eigenvalue weighted by Crippen LogP contribution is 2.05. The maximum absolute atomic E-state index is 5.20. The number of hydrogen-bond donors (Lipinski definition) is 0. The lowest BCUT2D eigenvalue weighted by molar-refractivity contribution is 0.288. The Morgan fingerprint density at radius 2 is 2.38 bits per heavy atom. The van der Waals surface area contributed by atoms with Gasteiger partial charge in [0.25, 0.3) is 5.88 Å². The third-order valence-electron chi connectivity index (χ3n) is 1.43. The summed E-state index contributed by atoms with van der Waals surface area (Å²) in [5.74, 6) is 0.366. The number of nitrogens with zero attached hydrogens (tertiary/aromatic N) is 3. The predicted molar refractivity (Wildman–Crippen MR) is 42.9 cm³/mol. The molecule has 0 bridgehead atoms. The second-order valence-electron chi connectivity index (χ2n) is 2.35. The number of aromatic nitrogens is 3. The van der Waals surface area contributed by atoms with E-state index in [2.05, 4.69) is 19.9 Å². The van der Waals surface area contributed by atoms with Crippen LogP contribution < -0.4 is 4.74 Å². The van der Waals surface area contributed by atoms with Crippen LogP contribution in [0.2, 0.25) is 0 Å². The molecule has 0 aliphatic carbocycles. The SMILES string of the molecule is c1ccc(COc2conn2)nc1. The first-order valence-corrected chi connectivity index (χ1v) is 3.75. The minimum absolute atomic E-state index is 0.366. The number of rotatable bonds is 3. The summed E-state index contributed by atoms with van der Waals surface area (Å²) in [6, 6.07) is 5.61. The molecule has 0 N–H and O–H groups in total. The Labute approximate surface area is 74.3 Å². The first-order chi connectivity index (χ1) is 6.45. The van der Waals surface area contributed by atoms with Gasteiger partial charge in [-0.05, 0) is 12.1 Å². The zero-order valence-electron chi connectivity index (χ0n) is 6.75.